The molecule has 138 valence electrons. The van der Waals surface area contributed by atoms with E-state index in [0.717, 1.165) is 16.6 Å². The van der Waals surface area contributed by atoms with Gasteiger partial charge in [0.25, 0.3) is 5.91 Å². The summed E-state index contributed by atoms with van der Waals surface area (Å²) in [6.45, 7) is 1.22. The Hall–Kier alpha value is -3.36. The Kier molecular flexibility index (Phi) is 3.87. The van der Waals surface area contributed by atoms with E-state index in [1.807, 2.05) is 24.3 Å². The van der Waals surface area contributed by atoms with Crippen molar-refractivity contribution in [2.24, 2.45) is 0 Å². The molecule has 1 amide bonds. The van der Waals surface area contributed by atoms with Crippen LogP contribution in [0.25, 0.3) is 16.6 Å². The zero-order valence-corrected chi connectivity index (χ0v) is 14.5. The van der Waals surface area contributed by atoms with Gasteiger partial charge in [-0.15, -0.1) is 5.10 Å². The molecule has 1 aliphatic rings. The molecule has 0 aliphatic carbocycles. The quantitative estimate of drug-likeness (QED) is 0.755. The third kappa shape index (κ3) is 2.71. The minimum Gasteiger partial charge on any atom is -0.479 e. The Morgan fingerprint density at radius 2 is 2.07 bits per heavy atom. The van der Waals surface area contributed by atoms with Gasteiger partial charge in [-0.3, -0.25) is 9.78 Å². The summed E-state index contributed by atoms with van der Waals surface area (Å²) < 4.78 is 15.8. The molecule has 1 atom stereocenters. The van der Waals surface area contributed by atoms with Gasteiger partial charge in [0.1, 0.15) is 0 Å². The molecule has 3 aromatic rings. The van der Waals surface area contributed by atoms with E-state index in [2.05, 4.69) is 15.3 Å². The molecule has 3 heterocycles. The summed E-state index contributed by atoms with van der Waals surface area (Å²) in [7, 11) is 0. The zero-order valence-electron chi connectivity index (χ0n) is 14.5. The van der Waals surface area contributed by atoms with E-state index < -0.39 is 24.1 Å². The Labute approximate surface area is 153 Å². The lowest BCUT2D eigenvalue weighted by Gasteiger charge is -2.16. The lowest BCUT2D eigenvalue weighted by Crippen LogP contribution is -2.39. The molecule has 1 aliphatic heterocycles. The van der Waals surface area contributed by atoms with Crippen molar-refractivity contribution in [1.82, 2.24) is 24.9 Å². The molecule has 0 spiro atoms. The van der Waals surface area contributed by atoms with Gasteiger partial charge in [-0.25, -0.2) is 13.9 Å². The number of carboxylic acids is 1. The average molecular weight is 369 g/mol. The molecule has 27 heavy (non-hydrogen) atoms. The fourth-order valence-electron chi connectivity index (χ4n) is 3.30. The smallest absolute Gasteiger partial charge is 0.343 e. The molecule has 0 saturated carbocycles. The van der Waals surface area contributed by atoms with E-state index in [9.17, 15) is 14.0 Å². The minimum absolute atomic E-state index is 0.0200. The standard InChI is InChI=1S/C18H16FN5O3/c1-11-15(16(25)23-9-7-18(19,10-23)17(26)27)21-22-24(11)14-6-2-5-13-12(14)4-3-8-20-13/h2-6,8H,7,9-10H2,1H3,(H,26,27). The maximum Gasteiger partial charge on any atom is 0.343 e. The SMILES string of the molecule is Cc1c(C(=O)N2CCC(F)(C(=O)O)C2)nnn1-c1cccc2ncccc12. The van der Waals surface area contributed by atoms with Gasteiger partial charge < -0.3 is 10.0 Å². The summed E-state index contributed by atoms with van der Waals surface area (Å²) in [5.41, 5.74) is -0.355. The second kappa shape index (κ2) is 6.11. The molecule has 0 radical (unpaired) electrons. The first-order valence-electron chi connectivity index (χ1n) is 8.39. The van der Waals surface area contributed by atoms with E-state index in [-0.39, 0.29) is 18.7 Å². The van der Waals surface area contributed by atoms with Crippen LogP contribution in [0.3, 0.4) is 0 Å². The first kappa shape index (κ1) is 17.1. The molecule has 2 aromatic heterocycles. The summed E-state index contributed by atoms with van der Waals surface area (Å²) >= 11 is 0. The van der Waals surface area contributed by atoms with Crippen LogP contribution in [0.1, 0.15) is 22.6 Å². The third-order valence-corrected chi connectivity index (χ3v) is 4.84. The van der Waals surface area contributed by atoms with Crippen LogP contribution in [0.15, 0.2) is 36.5 Å². The van der Waals surface area contributed by atoms with Crippen molar-refractivity contribution in [3.05, 3.63) is 47.9 Å². The Morgan fingerprint density at radius 3 is 2.81 bits per heavy atom. The summed E-state index contributed by atoms with van der Waals surface area (Å²) in [4.78, 5) is 29.2. The van der Waals surface area contributed by atoms with Crippen LogP contribution in [0.2, 0.25) is 0 Å². The second-order valence-corrected chi connectivity index (χ2v) is 6.53. The van der Waals surface area contributed by atoms with Crippen molar-refractivity contribution in [3.8, 4) is 5.69 Å². The van der Waals surface area contributed by atoms with Gasteiger partial charge in [0.15, 0.2) is 5.69 Å². The number of pyridine rings is 1. The normalized spacial score (nSPS) is 19.6. The fraction of sp³-hybridized carbons (Fsp3) is 0.278. The van der Waals surface area contributed by atoms with Crippen LogP contribution in [-0.2, 0) is 4.79 Å². The van der Waals surface area contributed by atoms with Gasteiger partial charge in [-0.05, 0) is 31.2 Å². The minimum atomic E-state index is -2.42. The number of benzene rings is 1. The van der Waals surface area contributed by atoms with Crippen molar-refractivity contribution < 1.29 is 19.1 Å². The van der Waals surface area contributed by atoms with Crippen molar-refractivity contribution in [2.45, 2.75) is 19.0 Å². The fourth-order valence-corrected chi connectivity index (χ4v) is 3.30. The summed E-state index contributed by atoms with van der Waals surface area (Å²) in [6, 6.07) is 9.24. The second-order valence-electron chi connectivity index (χ2n) is 6.53. The van der Waals surface area contributed by atoms with Crippen LogP contribution in [0.4, 0.5) is 4.39 Å². The Morgan fingerprint density at radius 1 is 1.26 bits per heavy atom. The molecular weight excluding hydrogens is 353 g/mol. The van der Waals surface area contributed by atoms with Crippen LogP contribution < -0.4 is 0 Å². The van der Waals surface area contributed by atoms with Gasteiger partial charge in [-0.1, -0.05) is 11.3 Å². The molecular formula is C18H16FN5O3. The number of alkyl halides is 1. The number of fused-ring (bicyclic) bond motifs is 1. The van der Waals surface area contributed by atoms with Crippen molar-refractivity contribution in [2.75, 3.05) is 13.1 Å². The molecule has 1 saturated heterocycles. The zero-order chi connectivity index (χ0) is 19.2. The van der Waals surface area contributed by atoms with Gasteiger partial charge in [0.2, 0.25) is 5.67 Å². The number of rotatable bonds is 3. The lowest BCUT2D eigenvalue weighted by molar-refractivity contribution is -0.149. The largest absolute Gasteiger partial charge is 0.479 e. The Bertz CT molecular complexity index is 1060. The van der Waals surface area contributed by atoms with E-state index in [4.69, 9.17) is 5.11 Å². The van der Waals surface area contributed by atoms with Gasteiger partial charge in [-0.2, -0.15) is 0 Å². The number of hydrogen-bond donors (Lipinski definition) is 1. The maximum absolute atomic E-state index is 14.3. The molecule has 1 N–H and O–H groups in total. The molecule has 9 heteroatoms. The summed E-state index contributed by atoms with van der Waals surface area (Å²) in [6.07, 6.45) is 1.45. The van der Waals surface area contributed by atoms with Crippen LogP contribution in [-0.4, -0.2) is 60.6 Å². The first-order valence-corrected chi connectivity index (χ1v) is 8.39. The number of carboxylic acid groups (broad SMARTS) is 1. The van der Waals surface area contributed by atoms with E-state index in [1.165, 1.54) is 9.58 Å². The van der Waals surface area contributed by atoms with E-state index in [0.29, 0.717) is 5.69 Å². The molecule has 1 aromatic carbocycles. The van der Waals surface area contributed by atoms with Crippen LogP contribution in [0, 0.1) is 6.92 Å². The van der Waals surface area contributed by atoms with Crippen LogP contribution >= 0.6 is 0 Å². The molecule has 1 unspecified atom stereocenters. The summed E-state index contributed by atoms with van der Waals surface area (Å²) in [5.74, 6) is -2.08. The highest BCUT2D eigenvalue weighted by molar-refractivity contribution is 5.95. The highest BCUT2D eigenvalue weighted by atomic mass is 19.1. The Balaban J connectivity index is 1.69. The van der Waals surface area contributed by atoms with Crippen molar-refractivity contribution in [3.63, 3.8) is 0 Å². The van der Waals surface area contributed by atoms with Gasteiger partial charge in [0.05, 0.1) is 23.4 Å². The predicted octanol–water partition coefficient (Wildman–Crippen LogP) is 1.76. The molecule has 4 rings (SSSR count). The predicted molar refractivity (Wildman–Crippen MR) is 93.4 cm³/mol. The molecule has 8 nitrogen and oxygen atoms in total. The number of aromatic nitrogens is 4. The molecule has 0 bridgehead atoms. The monoisotopic (exact) mass is 369 g/mol. The lowest BCUT2D eigenvalue weighted by atomic mass is 10.1. The number of hydrogen-bond acceptors (Lipinski definition) is 5. The van der Waals surface area contributed by atoms with Gasteiger partial charge >= 0.3 is 5.97 Å². The van der Waals surface area contributed by atoms with Crippen LogP contribution in [0.5, 0.6) is 0 Å². The van der Waals surface area contributed by atoms with Crippen molar-refractivity contribution >= 4 is 22.8 Å². The topological polar surface area (TPSA) is 101 Å². The number of carbonyl (C=O) groups is 2. The third-order valence-electron chi connectivity index (χ3n) is 4.84. The number of halogens is 1. The highest BCUT2D eigenvalue weighted by Crippen LogP contribution is 2.28. The van der Waals surface area contributed by atoms with E-state index in [1.54, 1.807) is 19.2 Å². The summed E-state index contributed by atoms with van der Waals surface area (Å²) in [5, 5.41) is 17.9. The number of amides is 1. The average Bonchev–Trinajstić information content (AvgIpc) is 3.25. The highest BCUT2D eigenvalue weighted by Gasteiger charge is 2.47. The number of likely N-dealkylation sites (tertiary alicyclic amines) is 1. The maximum atomic E-state index is 14.3. The van der Waals surface area contributed by atoms with Gasteiger partial charge in [0, 0.05) is 24.5 Å². The van der Waals surface area contributed by atoms with E-state index >= 15 is 0 Å². The van der Waals surface area contributed by atoms with Crippen molar-refractivity contribution in [1.29, 1.82) is 0 Å². The number of aliphatic carboxylic acids is 1. The number of carbonyl (C=O) groups excluding carboxylic acids is 1. The number of nitrogens with zero attached hydrogens (tertiary/aromatic N) is 5. The molecule has 1 fully saturated rings. The first-order chi connectivity index (χ1) is 12.9.